The first kappa shape index (κ1) is 13.7. The zero-order valence-electron chi connectivity index (χ0n) is 11.1. The summed E-state index contributed by atoms with van der Waals surface area (Å²) < 4.78 is 21.2. The van der Waals surface area contributed by atoms with Gasteiger partial charge in [0.1, 0.15) is 0 Å². The maximum absolute atomic E-state index is 11.9. The van der Waals surface area contributed by atoms with Crippen LogP contribution in [0.15, 0.2) is 0 Å². The highest BCUT2D eigenvalue weighted by Gasteiger charge is 2.55. The van der Waals surface area contributed by atoms with Crippen molar-refractivity contribution in [3.8, 4) is 0 Å². The molecule has 0 spiro atoms. The Hall–Kier alpha value is -0.690. The molecule has 6 nitrogen and oxygen atoms in total. The van der Waals surface area contributed by atoms with Gasteiger partial charge in [0.05, 0.1) is 24.0 Å². The van der Waals surface area contributed by atoms with Gasteiger partial charge in [-0.25, -0.2) is 0 Å². The maximum atomic E-state index is 11.9. The van der Waals surface area contributed by atoms with E-state index in [1.165, 1.54) is 7.11 Å². The van der Waals surface area contributed by atoms with Crippen LogP contribution in [0.1, 0.15) is 20.8 Å². The van der Waals surface area contributed by atoms with Gasteiger partial charge in [0.25, 0.3) is 0 Å². The third-order valence-corrected chi connectivity index (χ3v) is 3.23. The fraction of sp³-hybridized carbons (Fsp3) is 0.917. The van der Waals surface area contributed by atoms with Crippen LogP contribution >= 0.6 is 0 Å². The molecule has 2 heterocycles. The summed E-state index contributed by atoms with van der Waals surface area (Å²) in [5, 5.41) is 9.75. The number of carbonyl (C=O) groups is 1. The van der Waals surface area contributed by atoms with Gasteiger partial charge in [0.15, 0.2) is 18.7 Å². The van der Waals surface area contributed by atoms with E-state index in [1.807, 2.05) is 0 Å². The number of fused-ring (bicyclic) bond motifs is 1. The lowest BCUT2D eigenvalue weighted by atomic mass is 9.96. The van der Waals surface area contributed by atoms with Gasteiger partial charge in [0.2, 0.25) is 0 Å². The second kappa shape index (κ2) is 4.77. The topological polar surface area (TPSA) is 74.2 Å². The van der Waals surface area contributed by atoms with Crippen LogP contribution in [0.3, 0.4) is 0 Å². The van der Waals surface area contributed by atoms with Crippen LogP contribution in [0.5, 0.6) is 0 Å². The van der Waals surface area contributed by atoms with E-state index in [2.05, 4.69) is 0 Å². The highest BCUT2D eigenvalue weighted by atomic mass is 16.7. The molecular weight excluding hydrogens is 240 g/mol. The molecule has 2 aliphatic heterocycles. The Morgan fingerprint density at radius 3 is 2.61 bits per heavy atom. The van der Waals surface area contributed by atoms with Crippen LogP contribution in [0.2, 0.25) is 0 Å². The molecule has 2 aliphatic rings. The first-order chi connectivity index (χ1) is 8.34. The molecule has 0 bridgehead atoms. The van der Waals surface area contributed by atoms with Crippen molar-refractivity contribution >= 4 is 5.97 Å². The minimum absolute atomic E-state index is 0.287. The van der Waals surface area contributed by atoms with Gasteiger partial charge in [-0.2, -0.15) is 0 Å². The fourth-order valence-electron chi connectivity index (χ4n) is 2.16. The standard InChI is InChI=1S/C12H20O6/c1-12(2,3)11(14)18-8-7-6(5-16-9(7)13)17-10(8)15-4/h6-10,13H,5H2,1-4H3/t6-,7-,8-,9-,10+/m1/s1. The van der Waals surface area contributed by atoms with Crippen LogP contribution < -0.4 is 0 Å². The number of aliphatic hydroxyl groups excluding tert-OH is 1. The summed E-state index contributed by atoms with van der Waals surface area (Å²) in [7, 11) is 1.48. The number of ether oxygens (including phenoxy) is 4. The molecule has 0 amide bonds. The monoisotopic (exact) mass is 260 g/mol. The molecular formula is C12H20O6. The Morgan fingerprint density at radius 1 is 1.39 bits per heavy atom. The van der Waals surface area contributed by atoms with Crippen molar-refractivity contribution in [3.63, 3.8) is 0 Å². The normalized spacial score (nSPS) is 39.7. The van der Waals surface area contributed by atoms with Gasteiger partial charge >= 0.3 is 5.97 Å². The molecule has 18 heavy (non-hydrogen) atoms. The Morgan fingerprint density at radius 2 is 2.06 bits per heavy atom. The minimum atomic E-state index is -0.979. The van der Waals surface area contributed by atoms with Gasteiger partial charge in [-0.15, -0.1) is 0 Å². The number of hydrogen-bond donors (Lipinski definition) is 1. The second-order valence-electron chi connectivity index (χ2n) is 5.70. The van der Waals surface area contributed by atoms with Crippen molar-refractivity contribution in [2.75, 3.05) is 13.7 Å². The second-order valence-corrected chi connectivity index (χ2v) is 5.70. The summed E-state index contributed by atoms with van der Waals surface area (Å²) >= 11 is 0. The molecule has 0 aromatic heterocycles. The quantitative estimate of drug-likeness (QED) is 0.719. The van der Waals surface area contributed by atoms with E-state index in [9.17, 15) is 9.90 Å². The molecule has 5 atom stereocenters. The van der Waals surface area contributed by atoms with Crippen molar-refractivity contribution in [3.05, 3.63) is 0 Å². The van der Waals surface area contributed by atoms with Gasteiger partial charge < -0.3 is 24.1 Å². The van der Waals surface area contributed by atoms with E-state index >= 15 is 0 Å². The highest BCUT2D eigenvalue weighted by Crippen LogP contribution is 2.38. The zero-order chi connectivity index (χ0) is 13.5. The molecule has 1 N–H and O–H groups in total. The van der Waals surface area contributed by atoms with E-state index in [-0.39, 0.29) is 24.6 Å². The smallest absolute Gasteiger partial charge is 0.311 e. The first-order valence-electron chi connectivity index (χ1n) is 6.03. The summed E-state index contributed by atoms with van der Waals surface area (Å²) in [6.45, 7) is 5.60. The molecule has 0 aliphatic carbocycles. The molecule has 2 fully saturated rings. The van der Waals surface area contributed by atoms with Gasteiger partial charge in [-0.05, 0) is 20.8 Å². The summed E-state index contributed by atoms with van der Waals surface area (Å²) in [5.41, 5.74) is -0.610. The molecule has 0 saturated carbocycles. The predicted molar refractivity (Wildman–Crippen MR) is 60.5 cm³/mol. The number of aliphatic hydroxyl groups is 1. The van der Waals surface area contributed by atoms with Gasteiger partial charge in [0, 0.05) is 7.11 Å². The van der Waals surface area contributed by atoms with Crippen LogP contribution in [0, 0.1) is 11.3 Å². The summed E-state index contributed by atoms with van der Waals surface area (Å²) in [6, 6.07) is 0. The molecule has 104 valence electrons. The lowest BCUT2D eigenvalue weighted by molar-refractivity contribution is -0.201. The average molecular weight is 260 g/mol. The molecule has 0 aromatic carbocycles. The molecule has 2 saturated heterocycles. The van der Waals surface area contributed by atoms with Crippen molar-refractivity contribution in [1.29, 1.82) is 0 Å². The number of methoxy groups -OCH3 is 1. The lowest BCUT2D eigenvalue weighted by Crippen LogP contribution is -2.40. The maximum Gasteiger partial charge on any atom is 0.311 e. The predicted octanol–water partition coefficient (Wildman–Crippen LogP) is 0.280. The third kappa shape index (κ3) is 2.38. The number of esters is 1. The highest BCUT2D eigenvalue weighted by molar-refractivity contribution is 5.75. The summed E-state index contributed by atoms with van der Waals surface area (Å²) in [6.07, 6.45) is -2.55. The first-order valence-corrected chi connectivity index (χ1v) is 6.03. The zero-order valence-corrected chi connectivity index (χ0v) is 11.1. The van der Waals surface area contributed by atoms with Crippen molar-refractivity contribution in [2.24, 2.45) is 11.3 Å². The Kier molecular flexibility index (Phi) is 3.64. The van der Waals surface area contributed by atoms with Crippen LogP contribution in [-0.2, 0) is 23.7 Å². The van der Waals surface area contributed by atoms with Gasteiger partial charge in [-0.1, -0.05) is 0 Å². The van der Waals surface area contributed by atoms with Crippen molar-refractivity contribution < 1.29 is 28.8 Å². The average Bonchev–Trinajstić information content (AvgIpc) is 2.79. The molecule has 6 heteroatoms. The van der Waals surface area contributed by atoms with E-state index < -0.39 is 24.1 Å². The summed E-state index contributed by atoms with van der Waals surface area (Å²) in [4.78, 5) is 11.9. The SMILES string of the molecule is CO[C@H]1O[C@@H]2CO[C@@H](O)[C@H]2[C@H]1OC(=O)C(C)(C)C. The van der Waals surface area contributed by atoms with Crippen LogP contribution in [-0.4, -0.2) is 49.6 Å². The van der Waals surface area contributed by atoms with Crippen LogP contribution in [0.4, 0.5) is 0 Å². The van der Waals surface area contributed by atoms with E-state index in [0.29, 0.717) is 0 Å². The number of hydrogen-bond acceptors (Lipinski definition) is 6. The Balaban J connectivity index is 2.10. The van der Waals surface area contributed by atoms with E-state index in [1.54, 1.807) is 20.8 Å². The van der Waals surface area contributed by atoms with Crippen molar-refractivity contribution in [2.45, 2.75) is 45.6 Å². The largest absolute Gasteiger partial charge is 0.456 e. The van der Waals surface area contributed by atoms with Gasteiger partial charge in [-0.3, -0.25) is 4.79 Å². The van der Waals surface area contributed by atoms with Crippen molar-refractivity contribution in [1.82, 2.24) is 0 Å². The molecule has 0 unspecified atom stereocenters. The molecule has 0 aromatic rings. The lowest BCUT2D eigenvalue weighted by Gasteiger charge is -2.26. The fourth-order valence-corrected chi connectivity index (χ4v) is 2.16. The van der Waals surface area contributed by atoms with Crippen LogP contribution in [0.25, 0.3) is 0 Å². The summed E-state index contributed by atoms with van der Waals surface area (Å²) in [5.74, 6) is -0.737. The molecule has 2 rings (SSSR count). The third-order valence-electron chi connectivity index (χ3n) is 3.23. The minimum Gasteiger partial charge on any atom is -0.456 e. The molecule has 0 radical (unpaired) electrons. The number of rotatable bonds is 2. The Bertz CT molecular complexity index is 323. The van der Waals surface area contributed by atoms with E-state index in [0.717, 1.165) is 0 Å². The Labute approximate surface area is 106 Å². The van der Waals surface area contributed by atoms with E-state index in [4.69, 9.17) is 18.9 Å². The number of carbonyl (C=O) groups excluding carboxylic acids is 1.